The van der Waals surface area contributed by atoms with Gasteiger partial charge in [0.15, 0.2) is 5.65 Å². The topological polar surface area (TPSA) is 61.9 Å². The Kier molecular flexibility index (Phi) is 4.57. The second-order valence-corrected chi connectivity index (χ2v) is 6.83. The van der Waals surface area contributed by atoms with Crippen LogP contribution in [0.4, 0.5) is 0 Å². The van der Waals surface area contributed by atoms with Crippen LogP contribution >= 0.6 is 0 Å². The lowest BCUT2D eigenvalue weighted by Gasteiger charge is -2.12. The van der Waals surface area contributed by atoms with E-state index in [9.17, 15) is 4.79 Å². The summed E-state index contributed by atoms with van der Waals surface area (Å²) in [6, 6.07) is 26.9. The van der Waals surface area contributed by atoms with Crippen LogP contribution in [0.1, 0.15) is 5.56 Å². The molecule has 3 aromatic carbocycles. The van der Waals surface area contributed by atoms with E-state index in [0.29, 0.717) is 23.3 Å². The van der Waals surface area contributed by atoms with Crippen LogP contribution in [0.15, 0.2) is 102 Å². The lowest BCUT2D eigenvalue weighted by atomic mass is 10.2. The van der Waals surface area contributed by atoms with Gasteiger partial charge in [-0.05, 0) is 30.3 Å². The molecule has 2 aromatic heterocycles. The molecule has 0 aliphatic rings. The first-order chi connectivity index (χ1) is 14.8. The van der Waals surface area contributed by atoms with E-state index in [4.69, 9.17) is 4.74 Å². The SMILES string of the molecule is O=c1c2cnn(-c3ccccc3)c2ncn1Cc1ccccc1Oc1ccccc1. The summed E-state index contributed by atoms with van der Waals surface area (Å²) in [5.74, 6) is 1.45. The van der Waals surface area contributed by atoms with Crippen LogP contribution in [0.2, 0.25) is 0 Å². The predicted octanol–water partition coefficient (Wildman–Crippen LogP) is 4.42. The van der Waals surface area contributed by atoms with Crippen molar-refractivity contribution in [3.8, 4) is 17.2 Å². The highest BCUT2D eigenvalue weighted by atomic mass is 16.5. The Balaban J connectivity index is 1.50. The zero-order valence-electron chi connectivity index (χ0n) is 16.1. The lowest BCUT2D eigenvalue weighted by Crippen LogP contribution is -2.21. The summed E-state index contributed by atoms with van der Waals surface area (Å²) in [6.45, 7) is 0.349. The monoisotopic (exact) mass is 394 g/mol. The standard InChI is InChI=1S/C24H18N4O2/c29-24-21-15-26-28(19-10-3-1-4-11-19)23(21)25-17-27(24)16-18-9-7-8-14-22(18)30-20-12-5-2-6-13-20/h1-15,17H,16H2. The number of aromatic nitrogens is 4. The maximum atomic E-state index is 13.1. The van der Waals surface area contributed by atoms with Gasteiger partial charge in [-0.2, -0.15) is 5.10 Å². The van der Waals surface area contributed by atoms with Gasteiger partial charge in [0.05, 0.1) is 18.4 Å². The number of hydrogen-bond donors (Lipinski definition) is 0. The second-order valence-electron chi connectivity index (χ2n) is 6.83. The molecule has 146 valence electrons. The minimum absolute atomic E-state index is 0.142. The fourth-order valence-corrected chi connectivity index (χ4v) is 3.35. The Hall–Kier alpha value is -4.19. The molecule has 0 bridgehead atoms. The largest absolute Gasteiger partial charge is 0.457 e. The van der Waals surface area contributed by atoms with Crippen molar-refractivity contribution in [2.75, 3.05) is 0 Å². The molecular weight excluding hydrogens is 376 g/mol. The van der Waals surface area contributed by atoms with Crippen molar-refractivity contribution in [2.45, 2.75) is 6.54 Å². The number of rotatable bonds is 5. The fourth-order valence-electron chi connectivity index (χ4n) is 3.35. The van der Waals surface area contributed by atoms with Crippen LogP contribution in [-0.4, -0.2) is 19.3 Å². The lowest BCUT2D eigenvalue weighted by molar-refractivity contribution is 0.473. The minimum atomic E-state index is -0.142. The van der Waals surface area contributed by atoms with E-state index in [2.05, 4.69) is 10.1 Å². The Labute approximate surface area is 172 Å². The van der Waals surface area contributed by atoms with Crippen molar-refractivity contribution in [2.24, 2.45) is 0 Å². The summed E-state index contributed by atoms with van der Waals surface area (Å²) < 4.78 is 9.27. The third-order valence-corrected chi connectivity index (χ3v) is 4.84. The molecule has 0 unspecified atom stereocenters. The molecule has 0 fully saturated rings. The van der Waals surface area contributed by atoms with Crippen molar-refractivity contribution in [1.82, 2.24) is 19.3 Å². The molecule has 6 nitrogen and oxygen atoms in total. The van der Waals surface area contributed by atoms with E-state index in [1.165, 1.54) is 0 Å². The summed E-state index contributed by atoms with van der Waals surface area (Å²) in [5, 5.41) is 4.84. The Morgan fingerprint density at radius 2 is 1.53 bits per heavy atom. The van der Waals surface area contributed by atoms with Crippen molar-refractivity contribution in [3.63, 3.8) is 0 Å². The van der Waals surface area contributed by atoms with Crippen LogP contribution in [0.3, 0.4) is 0 Å². The maximum absolute atomic E-state index is 13.1. The quantitative estimate of drug-likeness (QED) is 0.443. The first-order valence-electron chi connectivity index (χ1n) is 9.59. The molecule has 30 heavy (non-hydrogen) atoms. The third-order valence-electron chi connectivity index (χ3n) is 4.84. The molecule has 0 spiro atoms. The fraction of sp³-hybridized carbons (Fsp3) is 0.0417. The summed E-state index contributed by atoms with van der Waals surface area (Å²) >= 11 is 0. The van der Waals surface area contributed by atoms with Gasteiger partial charge in [0, 0.05) is 5.56 Å². The molecule has 0 saturated carbocycles. The molecule has 0 amide bonds. The van der Waals surface area contributed by atoms with Crippen LogP contribution < -0.4 is 10.3 Å². The van der Waals surface area contributed by atoms with Gasteiger partial charge in [-0.15, -0.1) is 0 Å². The number of benzene rings is 3. The number of para-hydroxylation sites is 3. The van der Waals surface area contributed by atoms with Gasteiger partial charge in [0.25, 0.3) is 5.56 Å². The van der Waals surface area contributed by atoms with E-state index < -0.39 is 0 Å². The van der Waals surface area contributed by atoms with E-state index in [1.54, 1.807) is 21.8 Å². The molecule has 0 aliphatic heterocycles. The second kappa shape index (κ2) is 7.67. The van der Waals surface area contributed by atoms with Gasteiger partial charge < -0.3 is 4.74 Å². The van der Waals surface area contributed by atoms with Crippen molar-refractivity contribution in [1.29, 1.82) is 0 Å². The zero-order chi connectivity index (χ0) is 20.3. The average molecular weight is 394 g/mol. The Morgan fingerprint density at radius 1 is 0.833 bits per heavy atom. The normalized spacial score (nSPS) is 10.9. The Bertz CT molecular complexity index is 1360. The highest BCUT2D eigenvalue weighted by molar-refractivity contribution is 5.74. The van der Waals surface area contributed by atoms with Gasteiger partial charge in [-0.1, -0.05) is 54.6 Å². The van der Waals surface area contributed by atoms with Crippen LogP contribution in [-0.2, 0) is 6.54 Å². The van der Waals surface area contributed by atoms with Crippen molar-refractivity contribution in [3.05, 3.63) is 113 Å². The van der Waals surface area contributed by atoms with E-state index in [0.717, 1.165) is 17.0 Å². The van der Waals surface area contributed by atoms with Gasteiger partial charge >= 0.3 is 0 Å². The smallest absolute Gasteiger partial charge is 0.264 e. The molecule has 5 aromatic rings. The Morgan fingerprint density at radius 3 is 2.33 bits per heavy atom. The predicted molar refractivity (Wildman–Crippen MR) is 115 cm³/mol. The van der Waals surface area contributed by atoms with E-state index >= 15 is 0 Å². The van der Waals surface area contributed by atoms with Gasteiger partial charge in [-0.25, -0.2) is 9.67 Å². The number of nitrogens with zero attached hydrogens (tertiary/aromatic N) is 4. The van der Waals surface area contributed by atoms with Crippen LogP contribution in [0, 0.1) is 0 Å². The molecule has 0 N–H and O–H groups in total. The van der Waals surface area contributed by atoms with Crippen LogP contribution in [0.5, 0.6) is 11.5 Å². The summed E-state index contributed by atoms with van der Waals surface area (Å²) in [7, 11) is 0. The zero-order valence-corrected chi connectivity index (χ0v) is 16.1. The minimum Gasteiger partial charge on any atom is -0.457 e. The molecule has 0 radical (unpaired) electrons. The molecule has 2 heterocycles. The molecule has 0 aliphatic carbocycles. The van der Waals surface area contributed by atoms with Gasteiger partial charge in [0.1, 0.15) is 23.2 Å². The molecule has 5 rings (SSSR count). The molecule has 6 heteroatoms. The number of fused-ring (bicyclic) bond motifs is 1. The average Bonchev–Trinajstić information content (AvgIpc) is 3.23. The number of ether oxygens (including phenoxy) is 1. The summed E-state index contributed by atoms with van der Waals surface area (Å²) in [5.41, 5.74) is 2.15. The van der Waals surface area contributed by atoms with Crippen LogP contribution in [0.25, 0.3) is 16.7 Å². The van der Waals surface area contributed by atoms with Crippen molar-refractivity contribution >= 4 is 11.0 Å². The number of hydrogen-bond acceptors (Lipinski definition) is 4. The van der Waals surface area contributed by atoms with Gasteiger partial charge in [-0.3, -0.25) is 9.36 Å². The molecule has 0 saturated heterocycles. The van der Waals surface area contributed by atoms with E-state index in [-0.39, 0.29) is 5.56 Å². The maximum Gasteiger partial charge on any atom is 0.264 e. The highest BCUT2D eigenvalue weighted by Crippen LogP contribution is 2.25. The third kappa shape index (κ3) is 3.35. The summed E-state index contributed by atoms with van der Waals surface area (Å²) in [6.07, 6.45) is 3.13. The molecular formula is C24H18N4O2. The first-order valence-corrected chi connectivity index (χ1v) is 9.59. The highest BCUT2D eigenvalue weighted by Gasteiger charge is 2.13. The molecule has 0 atom stereocenters. The first kappa shape index (κ1) is 17.9. The van der Waals surface area contributed by atoms with E-state index in [1.807, 2.05) is 84.9 Å². The summed E-state index contributed by atoms with van der Waals surface area (Å²) in [4.78, 5) is 17.6. The van der Waals surface area contributed by atoms with Crippen molar-refractivity contribution < 1.29 is 4.74 Å². The van der Waals surface area contributed by atoms with Gasteiger partial charge in [0.2, 0.25) is 0 Å².